The topological polar surface area (TPSA) is 132 Å². The van der Waals surface area contributed by atoms with Crippen molar-refractivity contribution in [3.05, 3.63) is 97.2 Å². The summed E-state index contributed by atoms with van der Waals surface area (Å²) in [7, 11) is -4.55. The lowest BCUT2D eigenvalue weighted by Gasteiger charge is -2.20. The average molecular weight is 917 g/mol. The highest BCUT2D eigenvalue weighted by atomic mass is 31.2. The Morgan fingerprint density at radius 3 is 1.34 bits per heavy atom. The molecule has 9 nitrogen and oxygen atoms in total. The largest absolute Gasteiger partial charge is 0.472 e. The number of esters is 1. The van der Waals surface area contributed by atoms with Gasteiger partial charge in [-0.25, -0.2) is 4.57 Å². The molecule has 3 unspecified atom stereocenters. The van der Waals surface area contributed by atoms with Crippen LogP contribution in [0.5, 0.6) is 0 Å². The summed E-state index contributed by atoms with van der Waals surface area (Å²) in [4.78, 5) is 22.6. The van der Waals surface area contributed by atoms with Crippen molar-refractivity contribution in [2.45, 2.75) is 206 Å². The van der Waals surface area contributed by atoms with Crippen LogP contribution in [-0.4, -0.2) is 66.3 Å². The van der Waals surface area contributed by atoms with Crippen molar-refractivity contribution in [1.82, 2.24) is 0 Å². The standard InChI is InChI=1S/C54H93O9P/c1-3-5-7-9-11-13-15-17-19-21-23-24-25-26-27-29-31-33-35-37-39-41-43-45-47-60-50-53(51-62-64(58,59)61-49-52(56)48-55)63-54(57)46-44-42-40-38-36-34-32-30-28-22-20-18-16-14-12-10-8-6-4-2/h6,8,12,14-15,17-18,20-21,23,28,30,34,36,40,42,52-53,55-56H,3-5,7,9-11,13,16,19,22,24-27,29,31-33,35,37-39,41,43-51H2,1-2H3,(H,58,59)/b8-6-,14-12-,17-15-,20-18-,23-21-,30-28-,36-34-,42-40-. The number of rotatable bonds is 47. The minimum atomic E-state index is -4.55. The zero-order valence-corrected chi connectivity index (χ0v) is 41.4. The molecule has 0 saturated heterocycles. The number of hydrogen-bond acceptors (Lipinski definition) is 8. The molecule has 0 aliphatic heterocycles. The number of carbonyl (C=O) groups is 1. The van der Waals surface area contributed by atoms with Crippen molar-refractivity contribution in [2.75, 3.05) is 33.0 Å². The molecule has 0 rings (SSSR count). The van der Waals surface area contributed by atoms with E-state index >= 15 is 0 Å². The van der Waals surface area contributed by atoms with Crippen molar-refractivity contribution in [3.8, 4) is 0 Å². The van der Waals surface area contributed by atoms with Gasteiger partial charge in [-0.05, 0) is 83.5 Å². The van der Waals surface area contributed by atoms with Gasteiger partial charge in [0, 0.05) is 13.0 Å². The molecule has 0 spiro atoms. The van der Waals surface area contributed by atoms with E-state index in [0.717, 1.165) is 64.2 Å². The summed E-state index contributed by atoms with van der Waals surface area (Å²) in [5, 5.41) is 18.4. The predicted molar refractivity (Wildman–Crippen MR) is 269 cm³/mol. The summed E-state index contributed by atoms with van der Waals surface area (Å²) in [6.07, 6.45) is 63.9. The van der Waals surface area contributed by atoms with E-state index in [1.165, 1.54) is 103 Å². The molecule has 3 atom stereocenters. The van der Waals surface area contributed by atoms with Gasteiger partial charge >= 0.3 is 13.8 Å². The normalized spacial score (nSPS) is 14.6. The smallest absolute Gasteiger partial charge is 0.457 e. The molecule has 0 amide bonds. The Kier molecular flexibility index (Phi) is 47.8. The SMILES string of the molecule is CC/C=C\C/C=C\C/C=C\C/C=C\C/C=C\C/C=C\CCC(=O)OC(COCCCCCCCCCCCCCC/C=C\C/C=C\CCCCCCC)COP(=O)(O)OCC(O)CO. The molecule has 3 N–H and O–H groups in total. The number of phosphoric ester groups is 1. The second-order valence-corrected chi connectivity index (χ2v) is 17.9. The van der Waals surface area contributed by atoms with Crippen molar-refractivity contribution in [2.24, 2.45) is 0 Å². The fourth-order valence-corrected chi connectivity index (χ4v) is 7.26. The number of aliphatic hydroxyl groups is 2. The van der Waals surface area contributed by atoms with Crippen LogP contribution in [0.4, 0.5) is 0 Å². The lowest BCUT2D eigenvalue weighted by Crippen LogP contribution is -2.29. The first-order valence-electron chi connectivity index (χ1n) is 25.2. The lowest BCUT2D eigenvalue weighted by molar-refractivity contribution is -0.154. The fraction of sp³-hybridized carbons (Fsp3) is 0.685. The van der Waals surface area contributed by atoms with E-state index in [4.69, 9.17) is 23.6 Å². The Morgan fingerprint density at radius 2 is 0.891 bits per heavy atom. The van der Waals surface area contributed by atoms with E-state index in [-0.39, 0.29) is 13.0 Å². The minimum absolute atomic E-state index is 0.0125. The van der Waals surface area contributed by atoms with Gasteiger partial charge in [-0.3, -0.25) is 13.8 Å². The number of hydrogen-bond donors (Lipinski definition) is 3. The number of phosphoric acid groups is 1. The molecule has 0 aromatic carbocycles. The van der Waals surface area contributed by atoms with Crippen molar-refractivity contribution >= 4 is 13.8 Å². The molecule has 0 aromatic rings. The Labute approximate surface area is 391 Å². The summed E-state index contributed by atoms with van der Waals surface area (Å²) in [6.45, 7) is 3.28. The highest BCUT2D eigenvalue weighted by molar-refractivity contribution is 7.47. The summed E-state index contributed by atoms with van der Waals surface area (Å²) in [5.41, 5.74) is 0. The van der Waals surface area contributed by atoms with Gasteiger partial charge in [-0.2, -0.15) is 0 Å². The third-order valence-corrected chi connectivity index (χ3v) is 11.2. The van der Waals surface area contributed by atoms with Gasteiger partial charge in [0.25, 0.3) is 0 Å². The Hall–Kier alpha value is -2.62. The van der Waals surface area contributed by atoms with E-state index in [1.54, 1.807) is 0 Å². The van der Waals surface area contributed by atoms with Gasteiger partial charge in [0.2, 0.25) is 0 Å². The van der Waals surface area contributed by atoms with E-state index < -0.39 is 45.8 Å². The predicted octanol–water partition coefficient (Wildman–Crippen LogP) is 14.8. The molecule has 0 bridgehead atoms. The molecule has 10 heteroatoms. The van der Waals surface area contributed by atoms with Crippen LogP contribution in [0.3, 0.4) is 0 Å². The van der Waals surface area contributed by atoms with E-state index in [9.17, 15) is 19.4 Å². The number of allylic oxidation sites excluding steroid dienone is 16. The molecule has 0 aliphatic carbocycles. The highest BCUT2D eigenvalue weighted by Gasteiger charge is 2.26. The molecule has 0 saturated carbocycles. The van der Waals surface area contributed by atoms with Gasteiger partial charge in [-0.1, -0.05) is 201 Å². The third-order valence-electron chi connectivity index (χ3n) is 10.3. The molecule has 368 valence electrons. The molecule has 0 heterocycles. The van der Waals surface area contributed by atoms with Crippen LogP contribution in [0.25, 0.3) is 0 Å². The van der Waals surface area contributed by atoms with Crippen LogP contribution in [0, 0.1) is 0 Å². The Bertz CT molecular complexity index is 1320. The fourth-order valence-electron chi connectivity index (χ4n) is 6.47. The van der Waals surface area contributed by atoms with Crippen LogP contribution in [0.2, 0.25) is 0 Å². The van der Waals surface area contributed by atoms with E-state index in [1.807, 2.05) is 12.2 Å². The molecule has 0 fully saturated rings. The summed E-state index contributed by atoms with van der Waals surface area (Å²) in [5.74, 6) is -0.466. The molecule has 0 aromatic heterocycles. The maximum atomic E-state index is 12.6. The van der Waals surface area contributed by atoms with E-state index in [2.05, 4.69) is 98.9 Å². The number of aliphatic hydroxyl groups excluding tert-OH is 2. The first kappa shape index (κ1) is 61.4. The zero-order valence-electron chi connectivity index (χ0n) is 40.5. The third kappa shape index (κ3) is 48.8. The molecular formula is C54H93O9P. The number of carbonyl (C=O) groups excluding carboxylic acids is 1. The number of ether oxygens (including phenoxy) is 2. The zero-order chi connectivity index (χ0) is 46.7. The summed E-state index contributed by atoms with van der Waals surface area (Å²) < 4.78 is 33.4. The first-order chi connectivity index (χ1) is 31.3. The second kappa shape index (κ2) is 49.8. The summed E-state index contributed by atoms with van der Waals surface area (Å²) in [6, 6.07) is 0. The maximum absolute atomic E-state index is 12.6. The quantitative estimate of drug-likeness (QED) is 0.0236. The summed E-state index contributed by atoms with van der Waals surface area (Å²) >= 11 is 0. The highest BCUT2D eigenvalue weighted by Crippen LogP contribution is 2.43. The molecule has 0 aliphatic rings. The monoisotopic (exact) mass is 917 g/mol. The van der Waals surface area contributed by atoms with Gasteiger partial charge in [0.1, 0.15) is 12.2 Å². The minimum Gasteiger partial charge on any atom is -0.457 e. The Balaban J connectivity index is 4.19. The van der Waals surface area contributed by atoms with E-state index in [0.29, 0.717) is 13.0 Å². The van der Waals surface area contributed by atoms with Crippen LogP contribution in [-0.2, 0) is 27.9 Å². The molecule has 0 radical (unpaired) electrons. The van der Waals surface area contributed by atoms with Crippen LogP contribution in [0.1, 0.15) is 194 Å². The van der Waals surface area contributed by atoms with Gasteiger partial charge in [-0.15, -0.1) is 0 Å². The van der Waals surface area contributed by atoms with Crippen molar-refractivity contribution < 1.29 is 43.0 Å². The first-order valence-corrected chi connectivity index (χ1v) is 26.7. The Morgan fingerprint density at radius 1 is 0.500 bits per heavy atom. The molecule has 64 heavy (non-hydrogen) atoms. The van der Waals surface area contributed by atoms with Crippen LogP contribution in [0.15, 0.2) is 97.2 Å². The van der Waals surface area contributed by atoms with Crippen molar-refractivity contribution in [3.63, 3.8) is 0 Å². The second-order valence-electron chi connectivity index (χ2n) is 16.4. The lowest BCUT2D eigenvalue weighted by atomic mass is 10.0. The van der Waals surface area contributed by atoms with Gasteiger partial charge < -0.3 is 24.6 Å². The maximum Gasteiger partial charge on any atom is 0.472 e. The number of unbranched alkanes of at least 4 members (excludes halogenated alkanes) is 17. The van der Waals surface area contributed by atoms with Crippen LogP contribution < -0.4 is 0 Å². The average Bonchev–Trinajstić information content (AvgIpc) is 3.29. The van der Waals surface area contributed by atoms with Crippen molar-refractivity contribution in [1.29, 1.82) is 0 Å². The van der Waals surface area contributed by atoms with Crippen LogP contribution >= 0.6 is 7.82 Å². The molecular weight excluding hydrogens is 824 g/mol. The van der Waals surface area contributed by atoms with Gasteiger partial charge in [0.05, 0.1) is 26.4 Å². The van der Waals surface area contributed by atoms with Gasteiger partial charge in [0.15, 0.2) is 0 Å².